The second kappa shape index (κ2) is 2.50. The van der Waals surface area contributed by atoms with Crippen molar-refractivity contribution >= 4 is 0 Å². The second-order valence-corrected chi connectivity index (χ2v) is 2.32. The Morgan fingerprint density at radius 1 is 1.67 bits per heavy atom. The minimum Gasteiger partial charge on any atom is -0.386 e. The van der Waals surface area contributed by atoms with E-state index < -0.39 is 6.10 Å². The molecule has 9 heavy (non-hydrogen) atoms. The molecule has 1 aliphatic heterocycles. The number of hydrogen-bond acceptors (Lipinski definition) is 2. The average Bonchev–Trinajstić information content (AvgIpc) is 2.47. The summed E-state index contributed by atoms with van der Waals surface area (Å²) < 4.78 is 5.03. The first-order chi connectivity index (χ1) is 4.25. The molecule has 52 valence electrons. The summed E-state index contributed by atoms with van der Waals surface area (Å²) in [5.74, 6) is 0. The molecule has 0 aromatic carbocycles. The predicted octanol–water partition coefficient (Wildman–Crippen LogP) is 0.711. The summed E-state index contributed by atoms with van der Waals surface area (Å²) in [5, 5.41) is 9.15. The fourth-order valence-electron chi connectivity index (χ4n) is 0.867. The van der Waals surface area contributed by atoms with Crippen molar-refractivity contribution in [2.24, 2.45) is 0 Å². The minimum absolute atomic E-state index is 0.0567. The van der Waals surface area contributed by atoms with Gasteiger partial charge >= 0.3 is 0 Å². The summed E-state index contributed by atoms with van der Waals surface area (Å²) in [6.45, 7) is 3.84. The van der Waals surface area contributed by atoms with Crippen LogP contribution in [0.15, 0.2) is 12.2 Å². The van der Waals surface area contributed by atoms with Gasteiger partial charge in [-0.05, 0) is 13.8 Å². The maximum Gasteiger partial charge on any atom is 0.113 e. The summed E-state index contributed by atoms with van der Waals surface area (Å²) in [5.41, 5.74) is 0. The van der Waals surface area contributed by atoms with Crippen LogP contribution in [0.3, 0.4) is 0 Å². The Bertz CT molecular complexity index is 120. The molecule has 0 aliphatic carbocycles. The van der Waals surface area contributed by atoms with Crippen molar-refractivity contribution in [2.75, 3.05) is 0 Å². The Balaban J connectivity index is 2.27. The van der Waals surface area contributed by atoms with Gasteiger partial charge in [-0.3, -0.25) is 0 Å². The van der Waals surface area contributed by atoms with Gasteiger partial charge in [0.25, 0.3) is 0 Å². The third kappa shape index (κ3) is 1.53. The van der Waals surface area contributed by atoms with Gasteiger partial charge in [-0.25, -0.2) is 0 Å². The molecule has 2 heteroatoms. The van der Waals surface area contributed by atoms with Gasteiger partial charge in [0.05, 0.1) is 6.10 Å². The van der Waals surface area contributed by atoms with Crippen LogP contribution in [0.2, 0.25) is 0 Å². The van der Waals surface area contributed by atoms with Gasteiger partial charge < -0.3 is 9.84 Å². The van der Waals surface area contributed by atoms with E-state index in [4.69, 9.17) is 9.84 Å². The third-order valence-electron chi connectivity index (χ3n) is 1.48. The van der Waals surface area contributed by atoms with Gasteiger partial charge in [-0.2, -0.15) is 0 Å². The van der Waals surface area contributed by atoms with Crippen LogP contribution in [-0.2, 0) is 4.74 Å². The van der Waals surface area contributed by atoms with E-state index in [1.807, 2.05) is 19.9 Å². The van der Waals surface area contributed by atoms with Crippen LogP contribution in [0.4, 0.5) is 0 Å². The van der Waals surface area contributed by atoms with Gasteiger partial charge in [0.2, 0.25) is 0 Å². The van der Waals surface area contributed by atoms with Crippen molar-refractivity contribution in [3.63, 3.8) is 0 Å². The van der Waals surface area contributed by atoms with Crippen molar-refractivity contribution < 1.29 is 9.84 Å². The topological polar surface area (TPSA) is 32.8 Å². The molecule has 0 aromatic heterocycles. The summed E-state index contributed by atoms with van der Waals surface area (Å²) in [7, 11) is 0. The summed E-state index contributed by atoms with van der Waals surface area (Å²) in [6, 6.07) is 0. The molecule has 1 saturated heterocycles. The summed E-state index contributed by atoms with van der Waals surface area (Å²) >= 11 is 0. The Kier molecular flexibility index (Phi) is 1.88. The average molecular weight is 128 g/mol. The van der Waals surface area contributed by atoms with Crippen LogP contribution < -0.4 is 0 Å². The molecule has 0 aromatic rings. The molecule has 3 atom stereocenters. The molecule has 0 amide bonds. The zero-order valence-corrected chi connectivity index (χ0v) is 5.74. The van der Waals surface area contributed by atoms with Crippen LogP contribution in [0.25, 0.3) is 0 Å². The molecule has 1 heterocycles. The lowest BCUT2D eigenvalue weighted by atomic mass is 10.2. The first kappa shape index (κ1) is 6.78. The van der Waals surface area contributed by atoms with E-state index in [0.717, 1.165) is 0 Å². The van der Waals surface area contributed by atoms with Gasteiger partial charge in [0, 0.05) is 0 Å². The monoisotopic (exact) mass is 128 g/mol. The SMILES string of the molecule is C/C=C/[C@@H](O)[C@H]1O[C@H]1C. The van der Waals surface area contributed by atoms with Crippen molar-refractivity contribution in [1.82, 2.24) is 0 Å². The molecule has 0 unspecified atom stereocenters. The van der Waals surface area contributed by atoms with Crippen LogP contribution in [0, 0.1) is 0 Å². The predicted molar refractivity (Wildman–Crippen MR) is 35.2 cm³/mol. The lowest BCUT2D eigenvalue weighted by molar-refractivity contribution is 0.177. The van der Waals surface area contributed by atoms with Gasteiger partial charge in [-0.15, -0.1) is 0 Å². The maximum atomic E-state index is 9.15. The number of epoxide rings is 1. The van der Waals surface area contributed by atoms with E-state index in [2.05, 4.69) is 0 Å². The molecule has 0 spiro atoms. The molecule has 1 fully saturated rings. The van der Waals surface area contributed by atoms with Crippen molar-refractivity contribution in [3.8, 4) is 0 Å². The van der Waals surface area contributed by atoms with Crippen LogP contribution in [0.1, 0.15) is 13.8 Å². The first-order valence-corrected chi connectivity index (χ1v) is 3.22. The number of rotatable bonds is 2. The highest BCUT2D eigenvalue weighted by molar-refractivity contribution is 4.98. The lowest BCUT2D eigenvalue weighted by Gasteiger charge is -1.96. The standard InChI is InChI=1S/C7H12O2/c1-3-4-6(8)7-5(2)9-7/h3-8H,1-2H3/b4-3+/t5-,6+,7-/m0/s1. The molecular formula is C7H12O2. The Morgan fingerprint density at radius 3 is 2.56 bits per heavy atom. The molecule has 0 saturated carbocycles. The van der Waals surface area contributed by atoms with Gasteiger partial charge in [0.15, 0.2) is 0 Å². The molecular weight excluding hydrogens is 116 g/mol. The zero-order chi connectivity index (χ0) is 6.85. The van der Waals surface area contributed by atoms with Crippen LogP contribution in [-0.4, -0.2) is 23.4 Å². The number of hydrogen-bond donors (Lipinski definition) is 1. The largest absolute Gasteiger partial charge is 0.386 e. The van der Waals surface area contributed by atoms with E-state index >= 15 is 0 Å². The number of aliphatic hydroxyl groups excluding tert-OH is 1. The number of aliphatic hydroxyl groups is 1. The third-order valence-corrected chi connectivity index (χ3v) is 1.48. The van der Waals surface area contributed by atoms with E-state index in [0.29, 0.717) is 0 Å². The molecule has 0 bridgehead atoms. The Hall–Kier alpha value is -0.340. The van der Waals surface area contributed by atoms with Crippen LogP contribution >= 0.6 is 0 Å². The smallest absolute Gasteiger partial charge is 0.113 e. The summed E-state index contributed by atoms with van der Waals surface area (Å²) in [6.07, 6.45) is 3.48. The van der Waals surface area contributed by atoms with E-state index in [9.17, 15) is 0 Å². The summed E-state index contributed by atoms with van der Waals surface area (Å²) in [4.78, 5) is 0. The van der Waals surface area contributed by atoms with Crippen LogP contribution in [0.5, 0.6) is 0 Å². The molecule has 1 rings (SSSR count). The molecule has 0 radical (unpaired) electrons. The highest BCUT2D eigenvalue weighted by Crippen LogP contribution is 2.24. The van der Waals surface area contributed by atoms with E-state index in [1.165, 1.54) is 0 Å². The fourth-order valence-corrected chi connectivity index (χ4v) is 0.867. The zero-order valence-electron chi connectivity index (χ0n) is 5.74. The van der Waals surface area contributed by atoms with E-state index in [-0.39, 0.29) is 12.2 Å². The minimum atomic E-state index is -0.398. The van der Waals surface area contributed by atoms with Crippen molar-refractivity contribution in [1.29, 1.82) is 0 Å². The second-order valence-electron chi connectivity index (χ2n) is 2.32. The van der Waals surface area contributed by atoms with E-state index in [1.54, 1.807) is 6.08 Å². The normalized spacial score (nSPS) is 37.2. The maximum absolute atomic E-state index is 9.15. The molecule has 1 aliphatic rings. The molecule has 2 nitrogen and oxygen atoms in total. The van der Waals surface area contributed by atoms with Gasteiger partial charge in [0.1, 0.15) is 12.2 Å². The van der Waals surface area contributed by atoms with Crippen molar-refractivity contribution in [2.45, 2.75) is 32.2 Å². The first-order valence-electron chi connectivity index (χ1n) is 3.22. The Labute approximate surface area is 55.1 Å². The van der Waals surface area contributed by atoms with Gasteiger partial charge in [-0.1, -0.05) is 12.2 Å². The molecule has 1 N–H and O–H groups in total. The fraction of sp³-hybridized carbons (Fsp3) is 0.714. The quantitative estimate of drug-likeness (QED) is 0.439. The Morgan fingerprint density at radius 2 is 2.22 bits per heavy atom. The number of allylic oxidation sites excluding steroid dienone is 1. The number of ether oxygens (including phenoxy) is 1. The highest BCUT2D eigenvalue weighted by atomic mass is 16.6. The van der Waals surface area contributed by atoms with Crippen molar-refractivity contribution in [3.05, 3.63) is 12.2 Å². The lowest BCUT2D eigenvalue weighted by Crippen LogP contribution is -2.12. The highest BCUT2D eigenvalue weighted by Gasteiger charge is 2.39.